The minimum Gasteiger partial charge on any atom is -0.493 e. The van der Waals surface area contributed by atoms with Crippen molar-refractivity contribution in [1.82, 2.24) is 4.90 Å². The van der Waals surface area contributed by atoms with Crippen molar-refractivity contribution in [3.63, 3.8) is 0 Å². The van der Waals surface area contributed by atoms with Crippen LogP contribution in [0, 0.1) is 6.92 Å². The summed E-state index contributed by atoms with van der Waals surface area (Å²) in [6.45, 7) is 1.72. The number of aryl methyl sites for hydroxylation is 1. The normalized spacial score (nSPS) is 15.7. The maximum atomic E-state index is 13.4. The predicted octanol–water partition coefficient (Wildman–Crippen LogP) is 2.66. The van der Waals surface area contributed by atoms with Crippen LogP contribution < -0.4 is 14.9 Å². The second-order valence-electron chi connectivity index (χ2n) is 6.91. The number of aliphatic hydroxyl groups is 1. The number of carbonyl (C=O) groups is 1. The lowest BCUT2D eigenvalue weighted by Gasteiger charge is -2.24. The summed E-state index contributed by atoms with van der Waals surface area (Å²) >= 11 is 0. The van der Waals surface area contributed by atoms with Crippen LogP contribution in [0.5, 0.6) is 11.5 Å². The van der Waals surface area contributed by atoms with Crippen molar-refractivity contribution in [2.24, 2.45) is 0 Å². The van der Waals surface area contributed by atoms with Gasteiger partial charge >= 0.3 is 0 Å². The van der Waals surface area contributed by atoms with Crippen LogP contribution in [0.3, 0.4) is 0 Å². The van der Waals surface area contributed by atoms with E-state index in [0.29, 0.717) is 28.0 Å². The van der Waals surface area contributed by atoms with Crippen LogP contribution in [-0.4, -0.2) is 43.3 Å². The summed E-state index contributed by atoms with van der Waals surface area (Å²) in [6, 6.07) is 9.82. The number of fused-ring (bicyclic) bond motifs is 2. The van der Waals surface area contributed by atoms with E-state index in [1.165, 1.54) is 19.1 Å². The number of carbonyl (C=O) groups excluding carboxylic acids is 1. The highest BCUT2D eigenvalue weighted by atomic mass is 16.5. The van der Waals surface area contributed by atoms with Crippen molar-refractivity contribution < 1.29 is 23.8 Å². The van der Waals surface area contributed by atoms with Gasteiger partial charge in [0.25, 0.3) is 5.91 Å². The Morgan fingerprint density at radius 2 is 1.83 bits per heavy atom. The van der Waals surface area contributed by atoms with E-state index in [0.717, 1.165) is 5.56 Å². The zero-order valence-corrected chi connectivity index (χ0v) is 16.4. The topological polar surface area (TPSA) is 89.2 Å². The van der Waals surface area contributed by atoms with Crippen LogP contribution >= 0.6 is 0 Å². The summed E-state index contributed by atoms with van der Waals surface area (Å²) in [6.07, 6.45) is 0. The van der Waals surface area contributed by atoms with E-state index in [1.807, 2.05) is 13.0 Å². The Morgan fingerprint density at radius 3 is 2.52 bits per heavy atom. The van der Waals surface area contributed by atoms with Crippen molar-refractivity contribution in [2.75, 3.05) is 27.4 Å². The van der Waals surface area contributed by atoms with Crippen LogP contribution in [-0.2, 0) is 0 Å². The molecule has 0 bridgehead atoms. The highest BCUT2D eigenvalue weighted by Crippen LogP contribution is 2.40. The van der Waals surface area contributed by atoms with Gasteiger partial charge in [-0.15, -0.1) is 0 Å². The molecule has 29 heavy (non-hydrogen) atoms. The molecule has 1 aromatic heterocycles. The molecule has 1 N–H and O–H groups in total. The van der Waals surface area contributed by atoms with E-state index in [1.54, 1.807) is 30.3 Å². The van der Waals surface area contributed by atoms with E-state index in [2.05, 4.69) is 0 Å². The standard InChI is InChI=1S/C22H21NO6/c1-12-4-6-15-14(10-12)20(25)18-19(23(8-9-24)22(26)21(18)29-15)13-5-7-16(27-2)17(11-13)28-3/h4-7,10-11,19,24H,8-9H2,1-3H3. The van der Waals surface area contributed by atoms with Crippen molar-refractivity contribution >= 4 is 16.9 Å². The molecular formula is C22H21NO6. The summed E-state index contributed by atoms with van der Waals surface area (Å²) in [7, 11) is 3.05. The van der Waals surface area contributed by atoms with Crippen molar-refractivity contribution in [3.05, 3.63) is 69.1 Å². The van der Waals surface area contributed by atoms with E-state index < -0.39 is 11.9 Å². The molecule has 4 rings (SSSR count). The molecule has 7 heteroatoms. The number of nitrogens with zero attached hydrogens (tertiary/aromatic N) is 1. The smallest absolute Gasteiger partial charge is 0.290 e. The van der Waals surface area contributed by atoms with Gasteiger partial charge in [-0.05, 0) is 36.8 Å². The zero-order valence-electron chi connectivity index (χ0n) is 16.4. The van der Waals surface area contributed by atoms with Crippen LogP contribution in [0.4, 0.5) is 0 Å². The fourth-order valence-electron chi connectivity index (χ4n) is 3.84. The van der Waals surface area contributed by atoms with E-state index in [4.69, 9.17) is 13.9 Å². The van der Waals surface area contributed by atoms with Gasteiger partial charge in [-0.25, -0.2) is 0 Å². The number of β-amino-alcohol motifs (C(OH)–C–C–N with tert-alkyl or cyclic N) is 1. The van der Waals surface area contributed by atoms with Gasteiger partial charge < -0.3 is 23.9 Å². The lowest BCUT2D eigenvalue weighted by Crippen LogP contribution is -2.32. The molecule has 150 valence electrons. The molecule has 1 aliphatic rings. The largest absolute Gasteiger partial charge is 0.493 e. The molecule has 2 heterocycles. The third kappa shape index (κ3) is 2.94. The minimum atomic E-state index is -0.689. The second-order valence-corrected chi connectivity index (χ2v) is 6.91. The molecule has 0 fully saturated rings. The number of hydrogen-bond donors (Lipinski definition) is 1. The summed E-state index contributed by atoms with van der Waals surface area (Å²) in [4.78, 5) is 27.9. The van der Waals surface area contributed by atoms with Gasteiger partial charge in [0.15, 0.2) is 16.9 Å². The third-order valence-corrected chi connectivity index (χ3v) is 5.19. The molecule has 2 aromatic carbocycles. The Hall–Kier alpha value is -3.32. The van der Waals surface area contributed by atoms with Crippen LogP contribution in [0.1, 0.15) is 33.3 Å². The molecule has 0 aliphatic carbocycles. The minimum absolute atomic E-state index is 0.0135. The quantitative estimate of drug-likeness (QED) is 0.714. The summed E-state index contributed by atoms with van der Waals surface area (Å²) in [5.41, 5.74) is 1.98. The number of hydrogen-bond acceptors (Lipinski definition) is 6. The molecule has 0 spiro atoms. The molecule has 0 saturated carbocycles. The average Bonchev–Trinajstić information content (AvgIpc) is 3.00. The van der Waals surface area contributed by atoms with Crippen molar-refractivity contribution in [3.8, 4) is 11.5 Å². The molecule has 1 amide bonds. The fraction of sp³-hybridized carbons (Fsp3) is 0.273. The zero-order chi connectivity index (χ0) is 20.7. The number of rotatable bonds is 5. The molecule has 1 aliphatic heterocycles. The first-order valence-corrected chi connectivity index (χ1v) is 9.21. The summed E-state index contributed by atoms with van der Waals surface area (Å²) in [5.74, 6) is 0.611. The first kappa shape index (κ1) is 19.0. The Morgan fingerprint density at radius 1 is 1.07 bits per heavy atom. The maximum absolute atomic E-state index is 13.4. The number of aliphatic hydroxyl groups excluding tert-OH is 1. The SMILES string of the molecule is COc1ccc(C2c3c(oc4ccc(C)cc4c3=O)C(=O)N2CCO)cc1OC. The molecule has 0 radical (unpaired) electrons. The second kappa shape index (κ2) is 7.25. The van der Waals surface area contributed by atoms with Gasteiger partial charge in [0.1, 0.15) is 5.58 Å². The van der Waals surface area contributed by atoms with Gasteiger partial charge in [-0.1, -0.05) is 17.7 Å². The highest BCUT2D eigenvalue weighted by Gasteiger charge is 2.42. The fourth-order valence-corrected chi connectivity index (χ4v) is 3.84. The monoisotopic (exact) mass is 395 g/mol. The first-order chi connectivity index (χ1) is 14.0. The number of methoxy groups -OCH3 is 2. The Labute approximate surface area is 167 Å². The van der Waals surface area contributed by atoms with Crippen LogP contribution in [0.25, 0.3) is 11.0 Å². The molecular weight excluding hydrogens is 374 g/mol. The number of amides is 1. The third-order valence-electron chi connectivity index (χ3n) is 5.19. The Balaban J connectivity index is 1.99. The Bertz CT molecular complexity index is 1170. The molecule has 0 saturated heterocycles. The average molecular weight is 395 g/mol. The predicted molar refractivity (Wildman–Crippen MR) is 107 cm³/mol. The lowest BCUT2D eigenvalue weighted by molar-refractivity contribution is 0.0691. The van der Waals surface area contributed by atoms with Crippen molar-refractivity contribution in [2.45, 2.75) is 13.0 Å². The van der Waals surface area contributed by atoms with E-state index in [9.17, 15) is 14.7 Å². The molecule has 1 atom stereocenters. The maximum Gasteiger partial charge on any atom is 0.290 e. The van der Waals surface area contributed by atoms with Gasteiger partial charge in [0.2, 0.25) is 5.76 Å². The summed E-state index contributed by atoms with van der Waals surface area (Å²) < 4.78 is 16.5. The summed E-state index contributed by atoms with van der Waals surface area (Å²) in [5, 5.41) is 9.94. The van der Waals surface area contributed by atoms with Crippen LogP contribution in [0.15, 0.2) is 45.6 Å². The lowest BCUT2D eigenvalue weighted by atomic mass is 9.97. The molecule has 7 nitrogen and oxygen atoms in total. The Kier molecular flexibility index (Phi) is 4.76. The van der Waals surface area contributed by atoms with Crippen molar-refractivity contribution in [1.29, 1.82) is 0 Å². The highest BCUT2D eigenvalue weighted by molar-refractivity contribution is 5.99. The first-order valence-electron chi connectivity index (χ1n) is 9.21. The van der Waals surface area contributed by atoms with Gasteiger partial charge in [-0.3, -0.25) is 9.59 Å². The van der Waals surface area contributed by atoms with Crippen LogP contribution in [0.2, 0.25) is 0 Å². The number of benzene rings is 2. The van der Waals surface area contributed by atoms with E-state index in [-0.39, 0.29) is 29.9 Å². The molecule has 3 aromatic rings. The van der Waals surface area contributed by atoms with Gasteiger partial charge in [0.05, 0.1) is 37.8 Å². The van der Waals surface area contributed by atoms with Gasteiger partial charge in [0, 0.05) is 6.54 Å². The molecule has 1 unspecified atom stereocenters. The van der Waals surface area contributed by atoms with E-state index >= 15 is 0 Å². The van der Waals surface area contributed by atoms with Gasteiger partial charge in [-0.2, -0.15) is 0 Å². The number of ether oxygens (including phenoxy) is 2.